The smallest absolute Gasteiger partial charge is 0.381 e. The van der Waals surface area contributed by atoms with E-state index >= 15 is 0 Å². The van der Waals surface area contributed by atoms with Crippen LogP contribution in [-0.4, -0.2) is 74.7 Å². The quantitative estimate of drug-likeness (QED) is 0.663. The monoisotopic (exact) mass is 447 g/mol. The molecule has 3 rings (SSSR count). The van der Waals surface area contributed by atoms with Crippen molar-refractivity contribution < 1.29 is 27.5 Å². The maximum atomic E-state index is 13.5. The number of nitrogens with zero attached hydrogens (tertiary/aromatic N) is 3. The Morgan fingerprint density at radius 3 is 2.47 bits per heavy atom. The van der Waals surface area contributed by atoms with Gasteiger partial charge in [-0.15, -0.1) is 0 Å². The largest absolute Gasteiger partial charge is 0.471 e. The van der Waals surface area contributed by atoms with E-state index in [2.05, 4.69) is 9.80 Å². The minimum Gasteiger partial charge on any atom is -0.381 e. The Bertz CT molecular complexity index is 784. The number of likely N-dealkylation sites (N-methyl/N-ethyl adjacent to an activating group) is 1. The molecule has 0 aliphatic carbocycles. The van der Waals surface area contributed by atoms with Crippen molar-refractivity contribution in [3.63, 3.8) is 0 Å². The Kier molecular flexibility index (Phi) is 7.26. The molecular formula is C20H25ClF3N3O3. The summed E-state index contributed by atoms with van der Waals surface area (Å²) in [4.78, 5) is 29.4. The third-order valence-electron chi connectivity index (χ3n) is 5.55. The minimum atomic E-state index is -5.08. The second kappa shape index (κ2) is 9.53. The molecule has 1 aromatic rings. The number of alkyl halides is 3. The third-order valence-corrected chi connectivity index (χ3v) is 5.76. The lowest BCUT2D eigenvalue weighted by atomic mass is 10.0. The lowest BCUT2D eigenvalue weighted by molar-refractivity contribution is -0.171. The SMILES string of the molecule is CN1CCCN(c2ccc(C(=O)Cl)c(N(C(=O)C(F)(F)F)C3CCOCC3)c2)CC1. The predicted molar refractivity (Wildman–Crippen MR) is 108 cm³/mol. The van der Waals surface area contributed by atoms with Gasteiger partial charge in [0.15, 0.2) is 0 Å². The van der Waals surface area contributed by atoms with Crippen molar-refractivity contribution in [1.82, 2.24) is 4.90 Å². The average molecular weight is 448 g/mol. The Balaban J connectivity index is 2.05. The van der Waals surface area contributed by atoms with Crippen molar-refractivity contribution in [2.45, 2.75) is 31.5 Å². The molecule has 30 heavy (non-hydrogen) atoms. The van der Waals surface area contributed by atoms with Gasteiger partial charge in [-0.25, -0.2) is 0 Å². The van der Waals surface area contributed by atoms with Crippen LogP contribution in [0.1, 0.15) is 29.6 Å². The molecule has 10 heteroatoms. The highest BCUT2D eigenvalue weighted by Crippen LogP contribution is 2.35. The second-order valence-electron chi connectivity index (χ2n) is 7.64. The van der Waals surface area contributed by atoms with Gasteiger partial charge in [0.25, 0.3) is 5.24 Å². The first-order chi connectivity index (χ1) is 14.2. The molecule has 0 saturated carbocycles. The molecule has 2 fully saturated rings. The van der Waals surface area contributed by atoms with Crippen LogP contribution in [0.5, 0.6) is 0 Å². The lowest BCUT2D eigenvalue weighted by Gasteiger charge is -2.36. The summed E-state index contributed by atoms with van der Waals surface area (Å²) in [6, 6.07) is 3.84. The normalized spacial score (nSPS) is 19.4. The molecule has 2 heterocycles. The van der Waals surface area contributed by atoms with Crippen LogP contribution < -0.4 is 9.80 Å². The number of anilines is 2. The fourth-order valence-corrected chi connectivity index (χ4v) is 4.10. The molecule has 2 aliphatic heterocycles. The van der Waals surface area contributed by atoms with Crippen molar-refractivity contribution in [2.75, 3.05) is 56.2 Å². The second-order valence-corrected chi connectivity index (χ2v) is 7.98. The summed E-state index contributed by atoms with van der Waals surface area (Å²) >= 11 is 5.69. The first-order valence-corrected chi connectivity index (χ1v) is 10.3. The first-order valence-electron chi connectivity index (χ1n) is 9.94. The predicted octanol–water partition coefficient (Wildman–Crippen LogP) is 3.28. The Labute approximate surface area is 178 Å². The van der Waals surface area contributed by atoms with Gasteiger partial charge in [-0.3, -0.25) is 9.59 Å². The molecule has 2 aliphatic rings. The van der Waals surface area contributed by atoms with Crippen LogP contribution in [0.4, 0.5) is 24.5 Å². The number of carbonyl (C=O) groups is 2. The van der Waals surface area contributed by atoms with Gasteiger partial charge in [0.2, 0.25) is 0 Å². The summed E-state index contributed by atoms with van der Waals surface area (Å²) in [5.74, 6) is -2.00. The van der Waals surface area contributed by atoms with Crippen LogP contribution in [0.15, 0.2) is 18.2 Å². The lowest BCUT2D eigenvalue weighted by Crippen LogP contribution is -2.50. The highest BCUT2D eigenvalue weighted by atomic mass is 35.5. The van der Waals surface area contributed by atoms with Crippen molar-refractivity contribution in [1.29, 1.82) is 0 Å². The standard InChI is InChI=1S/C20H25ClF3N3O3/c1-25-7-2-8-26(10-9-25)15-3-4-16(18(21)28)17(13-15)27(19(29)20(22,23)24)14-5-11-30-12-6-14/h3-4,13-14H,2,5-12H2,1H3. The zero-order valence-electron chi connectivity index (χ0n) is 16.8. The van der Waals surface area contributed by atoms with Crippen LogP contribution in [0.3, 0.4) is 0 Å². The van der Waals surface area contributed by atoms with Gasteiger partial charge in [-0.1, -0.05) is 0 Å². The van der Waals surface area contributed by atoms with Crippen LogP contribution >= 0.6 is 11.6 Å². The Morgan fingerprint density at radius 1 is 1.13 bits per heavy atom. The molecule has 1 amide bonds. The maximum Gasteiger partial charge on any atom is 0.471 e. The minimum absolute atomic E-state index is 0.0978. The molecule has 0 unspecified atom stereocenters. The summed E-state index contributed by atoms with van der Waals surface area (Å²) in [6.07, 6.45) is -3.69. The first kappa shape index (κ1) is 22.8. The highest BCUT2D eigenvalue weighted by Gasteiger charge is 2.46. The van der Waals surface area contributed by atoms with Gasteiger partial charge >= 0.3 is 12.1 Å². The number of hydrogen-bond acceptors (Lipinski definition) is 5. The number of ether oxygens (including phenoxy) is 1. The van der Waals surface area contributed by atoms with Gasteiger partial charge < -0.3 is 19.4 Å². The summed E-state index contributed by atoms with van der Waals surface area (Å²) in [5, 5.41) is -0.904. The molecule has 0 atom stereocenters. The van der Waals surface area contributed by atoms with Crippen LogP contribution in [0.25, 0.3) is 0 Å². The molecule has 0 bridgehead atoms. The van der Waals surface area contributed by atoms with E-state index in [4.69, 9.17) is 16.3 Å². The van der Waals surface area contributed by atoms with E-state index in [0.29, 0.717) is 17.1 Å². The molecule has 0 radical (unpaired) electrons. The van der Waals surface area contributed by atoms with E-state index in [1.54, 1.807) is 6.07 Å². The van der Waals surface area contributed by atoms with Gasteiger partial charge in [0.1, 0.15) is 0 Å². The van der Waals surface area contributed by atoms with Crippen molar-refractivity contribution in [3.8, 4) is 0 Å². The van der Waals surface area contributed by atoms with E-state index in [-0.39, 0.29) is 37.3 Å². The van der Waals surface area contributed by atoms with Gasteiger partial charge in [0, 0.05) is 44.6 Å². The van der Waals surface area contributed by atoms with E-state index in [0.717, 1.165) is 26.1 Å². The number of amides is 1. The van der Waals surface area contributed by atoms with Crippen LogP contribution in [0, 0.1) is 0 Å². The zero-order valence-corrected chi connectivity index (χ0v) is 17.5. The van der Waals surface area contributed by atoms with Crippen LogP contribution in [-0.2, 0) is 9.53 Å². The van der Waals surface area contributed by atoms with Gasteiger partial charge in [-0.2, -0.15) is 13.2 Å². The van der Waals surface area contributed by atoms with Crippen molar-refractivity contribution in [3.05, 3.63) is 23.8 Å². The molecule has 1 aromatic carbocycles. The Hall–Kier alpha value is -1.84. The number of rotatable bonds is 4. The molecular weight excluding hydrogens is 423 g/mol. The molecule has 2 saturated heterocycles. The molecule has 0 N–H and O–H groups in total. The van der Waals surface area contributed by atoms with Gasteiger partial charge in [-0.05, 0) is 62.7 Å². The van der Waals surface area contributed by atoms with E-state index in [1.165, 1.54) is 12.1 Å². The van der Waals surface area contributed by atoms with Crippen molar-refractivity contribution in [2.24, 2.45) is 0 Å². The summed E-state index contributed by atoms with van der Waals surface area (Å²) in [6.45, 7) is 3.62. The molecule has 166 valence electrons. The van der Waals surface area contributed by atoms with Crippen LogP contribution in [0.2, 0.25) is 0 Å². The number of benzene rings is 1. The number of hydrogen-bond donors (Lipinski definition) is 0. The van der Waals surface area contributed by atoms with E-state index < -0.39 is 23.4 Å². The zero-order chi connectivity index (χ0) is 21.9. The topological polar surface area (TPSA) is 53.1 Å². The fourth-order valence-electron chi connectivity index (χ4n) is 3.94. The maximum absolute atomic E-state index is 13.5. The summed E-state index contributed by atoms with van der Waals surface area (Å²) in [7, 11) is 2.01. The van der Waals surface area contributed by atoms with E-state index in [1.807, 2.05) is 7.05 Å². The van der Waals surface area contributed by atoms with Crippen molar-refractivity contribution >= 4 is 34.1 Å². The summed E-state index contributed by atoms with van der Waals surface area (Å²) in [5.41, 5.74) is 0.449. The Morgan fingerprint density at radius 2 is 1.83 bits per heavy atom. The fraction of sp³-hybridized carbons (Fsp3) is 0.600. The third kappa shape index (κ3) is 5.25. The number of halogens is 4. The molecule has 6 nitrogen and oxygen atoms in total. The molecule has 0 aromatic heterocycles. The highest BCUT2D eigenvalue weighted by molar-refractivity contribution is 6.68. The number of carbonyl (C=O) groups excluding carboxylic acids is 2. The van der Waals surface area contributed by atoms with Gasteiger partial charge in [0.05, 0.1) is 11.3 Å². The molecule has 0 spiro atoms. The summed E-state index contributed by atoms with van der Waals surface area (Å²) < 4.78 is 45.7. The van der Waals surface area contributed by atoms with E-state index in [9.17, 15) is 22.8 Å². The average Bonchev–Trinajstić information content (AvgIpc) is 2.92.